The van der Waals surface area contributed by atoms with Crippen LogP contribution in [0.25, 0.3) is 0 Å². The summed E-state index contributed by atoms with van der Waals surface area (Å²) >= 11 is 0. The molecule has 1 amide bonds. The number of pyridine rings is 1. The third-order valence-electron chi connectivity index (χ3n) is 3.30. The van der Waals surface area contributed by atoms with Gasteiger partial charge >= 0.3 is 0 Å². The molecule has 1 aliphatic heterocycles. The van der Waals surface area contributed by atoms with Crippen LogP contribution in [-0.4, -0.2) is 42.0 Å². The van der Waals surface area contributed by atoms with Crippen molar-refractivity contribution in [3.63, 3.8) is 0 Å². The molecule has 17 heavy (non-hydrogen) atoms. The van der Waals surface area contributed by atoms with E-state index in [2.05, 4.69) is 10.3 Å². The van der Waals surface area contributed by atoms with Crippen LogP contribution >= 0.6 is 0 Å². The number of hydrogen-bond donors (Lipinski definition) is 1. The molecule has 0 bridgehead atoms. The molecule has 1 N–H and O–H groups in total. The third-order valence-corrected chi connectivity index (χ3v) is 3.30. The van der Waals surface area contributed by atoms with E-state index in [9.17, 15) is 4.79 Å². The minimum Gasteiger partial charge on any atom is -0.341 e. The van der Waals surface area contributed by atoms with Gasteiger partial charge in [0.05, 0.1) is 6.42 Å². The summed E-state index contributed by atoms with van der Waals surface area (Å²) in [6.45, 7) is 3.87. The lowest BCUT2D eigenvalue weighted by Crippen LogP contribution is -2.39. The Morgan fingerprint density at radius 1 is 1.59 bits per heavy atom. The van der Waals surface area contributed by atoms with Crippen molar-refractivity contribution >= 4 is 5.91 Å². The van der Waals surface area contributed by atoms with Crippen LogP contribution in [0.2, 0.25) is 0 Å². The second kappa shape index (κ2) is 5.27. The minimum absolute atomic E-state index is 0.171. The zero-order valence-electron chi connectivity index (χ0n) is 10.4. The van der Waals surface area contributed by atoms with Gasteiger partial charge in [-0.1, -0.05) is 6.07 Å². The number of carbonyl (C=O) groups excluding carboxylic acids is 1. The van der Waals surface area contributed by atoms with Gasteiger partial charge in [0.15, 0.2) is 0 Å². The van der Waals surface area contributed by atoms with E-state index in [0.717, 1.165) is 30.8 Å². The molecule has 1 fully saturated rings. The fraction of sp³-hybridized carbons (Fsp3) is 0.538. The topological polar surface area (TPSA) is 45.2 Å². The van der Waals surface area contributed by atoms with Gasteiger partial charge in [-0.2, -0.15) is 0 Å². The summed E-state index contributed by atoms with van der Waals surface area (Å²) in [5.74, 6) is 0.171. The first kappa shape index (κ1) is 12.0. The van der Waals surface area contributed by atoms with E-state index in [1.54, 1.807) is 6.20 Å². The highest BCUT2D eigenvalue weighted by Crippen LogP contribution is 2.09. The van der Waals surface area contributed by atoms with Crippen LogP contribution in [-0.2, 0) is 11.2 Å². The van der Waals surface area contributed by atoms with E-state index in [-0.39, 0.29) is 5.91 Å². The molecule has 92 valence electrons. The molecule has 2 rings (SSSR count). The molecular formula is C13H19N3O. The molecule has 1 aromatic heterocycles. The summed E-state index contributed by atoms with van der Waals surface area (Å²) in [6.07, 6.45) is 3.28. The van der Waals surface area contributed by atoms with E-state index >= 15 is 0 Å². The molecule has 0 radical (unpaired) electrons. The van der Waals surface area contributed by atoms with Crippen molar-refractivity contribution in [1.29, 1.82) is 0 Å². The highest BCUT2D eigenvalue weighted by Gasteiger charge is 2.22. The Labute approximate surface area is 102 Å². The molecule has 0 saturated carbocycles. The van der Waals surface area contributed by atoms with Crippen molar-refractivity contribution < 1.29 is 4.79 Å². The van der Waals surface area contributed by atoms with Gasteiger partial charge in [0.1, 0.15) is 0 Å². The first-order valence-corrected chi connectivity index (χ1v) is 6.05. The predicted molar refractivity (Wildman–Crippen MR) is 66.7 cm³/mol. The Morgan fingerprint density at radius 3 is 3.00 bits per heavy atom. The molecule has 0 spiro atoms. The maximum absolute atomic E-state index is 12.1. The van der Waals surface area contributed by atoms with Gasteiger partial charge < -0.3 is 10.2 Å². The maximum atomic E-state index is 12.1. The van der Waals surface area contributed by atoms with E-state index in [1.165, 1.54) is 0 Å². The standard InChI is InChI=1S/C13H19N3O/c1-10-3-4-11(8-15-10)7-13(17)16(2)12-5-6-14-9-12/h3-4,8,12,14H,5-7,9H2,1-2H3. The van der Waals surface area contributed by atoms with E-state index in [4.69, 9.17) is 0 Å². The average molecular weight is 233 g/mol. The first-order chi connectivity index (χ1) is 8.16. The lowest BCUT2D eigenvalue weighted by atomic mass is 10.1. The van der Waals surface area contributed by atoms with Gasteiger partial charge in [-0.3, -0.25) is 9.78 Å². The first-order valence-electron chi connectivity index (χ1n) is 6.05. The molecule has 1 aromatic rings. The maximum Gasteiger partial charge on any atom is 0.227 e. The van der Waals surface area contributed by atoms with Crippen LogP contribution in [0.5, 0.6) is 0 Å². The summed E-state index contributed by atoms with van der Waals surface area (Å²) < 4.78 is 0. The monoisotopic (exact) mass is 233 g/mol. The molecule has 0 aliphatic carbocycles. The van der Waals surface area contributed by atoms with Crippen molar-refractivity contribution in [3.8, 4) is 0 Å². The van der Waals surface area contributed by atoms with E-state index in [0.29, 0.717) is 12.5 Å². The number of nitrogens with one attached hydrogen (secondary N) is 1. The molecule has 2 heterocycles. The quantitative estimate of drug-likeness (QED) is 0.838. The predicted octanol–water partition coefficient (Wildman–Crippen LogP) is 0.753. The molecule has 4 heteroatoms. The Kier molecular flexibility index (Phi) is 3.74. The molecule has 4 nitrogen and oxygen atoms in total. The van der Waals surface area contributed by atoms with Crippen LogP contribution in [0, 0.1) is 6.92 Å². The number of rotatable bonds is 3. The number of nitrogens with zero attached hydrogens (tertiary/aromatic N) is 2. The number of hydrogen-bond acceptors (Lipinski definition) is 3. The van der Waals surface area contributed by atoms with Crippen molar-refractivity contribution in [2.75, 3.05) is 20.1 Å². The Bertz CT molecular complexity index is 382. The number of likely N-dealkylation sites (N-methyl/N-ethyl adjacent to an activating group) is 1. The van der Waals surface area contributed by atoms with Crippen LogP contribution in [0.15, 0.2) is 18.3 Å². The van der Waals surface area contributed by atoms with E-state index in [1.807, 2.05) is 31.0 Å². The van der Waals surface area contributed by atoms with Crippen LogP contribution < -0.4 is 5.32 Å². The zero-order valence-corrected chi connectivity index (χ0v) is 10.4. The molecule has 0 aromatic carbocycles. The van der Waals surface area contributed by atoms with Crippen molar-refractivity contribution in [2.45, 2.75) is 25.8 Å². The van der Waals surface area contributed by atoms with Gasteiger partial charge in [-0.15, -0.1) is 0 Å². The van der Waals surface area contributed by atoms with Crippen molar-refractivity contribution in [3.05, 3.63) is 29.6 Å². The zero-order chi connectivity index (χ0) is 12.3. The number of amides is 1. The Balaban J connectivity index is 1.93. The van der Waals surface area contributed by atoms with Gasteiger partial charge in [0.2, 0.25) is 5.91 Å². The van der Waals surface area contributed by atoms with Crippen molar-refractivity contribution in [1.82, 2.24) is 15.2 Å². The van der Waals surface area contributed by atoms with Crippen LogP contribution in [0.4, 0.5) is 0 Å². The Morgan fingerprint density at radius 2 is 2.41 bits per heavy atom. The van der Waals surface area contributed by atoms with Gasteiger partial charge in [-0.25, -0.2) is 0 Å². The highest BCUT2D eigenvalue weighted by atomic mass is 16.2. The largest absolute Gasteiger partial charge is 0.341 e. The summed E-state index contributed by atoms with van der Waals surface area (Å²) in [4.78, 5) is 18.1. The Hall–Kier alpha value is -1.42. The third kappa shape index (κ3) is 3.03. The minimum atomic E-state index is 0.171. The molecule has 1 atom stereocenters. The fourth-order valence-electron chi connectivity index (χ4n) is 2.08. The number of carbonyl (C=O) groups is 1. The van der Waals surface area contributed by atoms with Gasteiger partial charge in [0.25, 0.3) is 0 Å². The lowest BCUT2D eigenvalue weighted by Gasteiger charge is -2.23. The smallest absolute Gasteiger partial charge is 0.227 e. The molecule has 1 saturated heterocycles. The summed E-state index contributed by atoms with van der Waals surface area (Å²) in [5.41, 5.74) is 1.97. The molecule has 1 aliphatic rings. The SMILES string of the molecule is Cc1ccc(CC(=O)N(C)C2CCNC2)cn1. The van der Waals surface area contributed by atoms with Gasteiger partial charge in [0, 0.05) is 31.5 Å². The normalized spacial score (nSPS) is 19.3. The summed E-state index contributed by atoms with van der Waals surface area (Å²) in [7, 11) is 1.89. The van der Waals surface area contributed by atoms with Crippen LogP contribution in [0.1, 0.15) is 17.7 Å². The second-order valence-electron chi connectivity index (χ2n) is 4.64. The second-order valence-corrected chi connectivity index (χ2v) is 4.64. The highest BCUT2D eigenvalue weighted by molar-refractivity contribution is 5.78. The summed E-state index contributed by atoms with van der Waals surface area (Å²) in [5, 5.41) is 3.27. The van der Waals surface area contributed by atoms with E-state index < -0.39 is 0 Å². The summed E-state index contributed by atoms with van der Waals surface area (Å²) in [6, 6.07) is 4.27. The van der Waals surface area contributed by atoms with Crippen molar-refractivity contribution in [2.24, 2.45) is 0 Å². The lowest BCUT2D eigenvalue weighted by molar-refractivity contribution is -0.130. The van der Waals surface area contributed by atoms with Gasteiger partial charge in [-0.05, 0) is 31.5 Å². The molecule has 1 unspecified atom stereocenters. The average Bonchev–Trinajstić information content (AvgIpc) is 2.84. The molecular weight excluding hydrogens is 214 g/mol. The number of aryl methyl sites for hydroxylation is 1. The van der Waals surface area contributed by atoms with Crippen LogP contribution in [0.3, 0.4) is 0 Å². The number of aromatic nitrogens is 1. The fourth-order valence-corrected chi connectivity index (χ4v) is 2.08.